The molecule has 120 valence electrons. The number of hydrogen-bond acceptors (Lipinski definition) is 3. The molecule has 2 fully saturated rings. The summed E-state index contributed by atoms with van der Waals surface area (Å²) in [6, 6.07) is -0.129. The van der Waals surface area contributed by atoms with Gasteiger partial charge in [-0.25, -0.2) is 0 Å². The number of amides is 2. The van der Waals surface area contributed by atoms with Crippen molar-refractivity contribution in [3.63, 3.8) is 0 Å². The number of aromatic nitrogens is 2. The molecule has 6 heteroatoms. The van der Waals surface area contributed by atoms with E-state index in [0.717, 1.165) is 31.4 Å². The number of hydrogen-bond donors (Lipinski definition) is 2. The highest BCUT2D eigenvalue weighted by atomic mass is 16.2. The summed E-state index contributed by atoms with van der Waals surface area (Å²) in [5.74, 6) is 0.192. The van der Waals surface area contributed by atoms with Crippen molar-refractivity contribution < 1.29 is 9.59 Å². The SMILES string of the molecule is CC[C@@H](C)n1ncc(C(=O)N[C@H]2CCCNC2=O)c1C1CC1. The first kappa shape index (κ1) is 15.1. The second-order valence-electron chi connectivity index (χ2n) is 6.38. The van der Waals surface area contributed by atoms with Crippen LogP contribution in [0.5, 0.6) is 0 Å². The monoisotopic (exact) mass is 304 g/mol. The maximum atomic E-state index is 12.6. The average molecular weight is 304 g/mol. The zero-order valence-electron chi connectivity index (χ0n) is 13.3. The molecule has 2 heterocycles. The van der Waals surface area contributed by atoms with E-state index in [1.165, 1.54) is 0 Å². The minimum atomic E-state index is -0.416. The summed E-state index contributed by atoms with van der Waals surface area (Å²) in [5, 5.41) is 10.1. The van der Waals surface area contributed by atoms with E-state index >= 15 is 0 Å². The molecule has 1 aromatic rings. The Kier molecular flexibility index (Phi) is 4.18. The molecule has 0 bridgehead atoms. The summed E-state index contributed by atoms with van der Waals surface area (Å²) >= 11 is 0. The van der Waals surface area contributed by atoms with Crippen LogP contribution in [0.3, 0.4) is 0 Å². The Morgan fingerprint density at radius 1 is 1.50 bits per heavy atom. The molecule has 2 N–H and O–H groups in total. The molecule has 2 atom stereocenters. The molecule has 1 saturated heterocycles. The van der Waals surface area contributed by atoms with Crippen LogP contribution in [0, 0.1) is 0 Å². The maximum Gasteiger partial charge on any atom is 0.255 e. The molecular weight excluding hydrogens is 280 g/mol. The molecule has 1 aliphatic carbocycles. The third-order valence-corrected chi connectivity index (χ3v) is 4.64. The van der Waals surface area contributed by atoms with E-state index in [9.17, 15) is 9.59 Å². The number of carbonyl (C=O) groups excluding carboxylic acids is 2. The van der Waals surface area contributed by atoms with E-state index in [1.807, 2.05) is 4.68 Å². The topological polar surface area (TPSA) is 76.0 Å². The van der Waals surface area contributed by atoms with E-state index in [2.05, 4.69) is 29.6 Å². The van der Waals surface area contributed by atoms with Gasteiger partial charge >= 0.3 is 0 Å². The summed E-state index contributed by atoms with van der Waals surface area (Å²) < 4.78 is 1.99. The number of nitrogens with one attached hydrogen (secondary N) is 2. The zero-order valence-corrected chi connectivity index (χ0v) is 13.3. The van der Waals surface area contributed by atoms with Crippen molar-refractivity contribution in [2.24, 2.45) is 0 Å². The Hall–Kier alpha value is -1.85. The van der Waals surface area contributed by atoms with Gasteiger partial charge in [-0.3, -0.25) is 14.3 Å². The first-order valence-electron chi connectivity index (χ1n) is 8.27. The third kappa shape index (κ3) is 2.87. The molecular formula is C16H24N4O2. The summed E-state index contributed by atoms with van der Waals surface area (Å²) in [7, 11) is 0. The third-order valence-electron chi connectivity index (χ3n) is 4.64. The Morgan fingerprint density at radius 2 is 2.27 bits per heavy atom. The van der Waals surface area contributed by atoms with Crippen molar-refractivity contribution in [1.29, 1.82) is 0 Å². The lowest BCUT2D eigenvalue weighted by Crippen LogP contribution is -2.50. The van der Waals surface area contributed by atoms with Crippen LogP contribution >= 0.6 is 0 Å². The van der Waals surface area contributed by atoms with Crippen LogP contribution in [0.1, 0.15) is 74.0 Å². The van der Waals surface area contributed by atoms with Crippen LogP contribution in [0.25, 0.3) is 0 Å². The second-order valence-corrected chi connectivity index (χ2v) is 6.38. The summed E-state index contributed by atoms with van der Waals surface area (Å²) in [6.07, 6.45) is 6.48. The smallest absolute Gasteiger partial charge is 0.255 e. The normalized spacial score (nSPS) is 23.0. The number of rotatable bonds is 5. The van der Waals surface area contributed by atoms with Crippen molar-refractivity contribution in [3.8, 4) is 0 Å². The Bertz CT molecular complexity index is 577. The lowest BCUT2D eigenvalue weighted by atomic mass is 10.1. The first-order valence-corrected chi connectivity index (χ1v) is 8.27. The lowest BCUT2D eigenvalue weighted by molar-refractivity contribution is -0.124. The fourth-order valence-electron chi connectivity index (χ4n) is 2.98. The van der Waals surface area contributed by atoms with Crippen LogP contribution < -0.4 is 10.6 Å². The fourth-order valence-corrected chi connectivity index (χ4v) is 2.98. The molecule has 0 radical (unpaired) electrons. The standard InChI is InChI=1S/C16H24N4O2/c1-3-10(2)20-14(11-6-7-11)12(9-18-20)15(21)19-13-5-4-8-17-16(13)22/h9-11,13H,3-8H2,1-2H3,(H,17,22)(H,19,21)/t10-,13+/m1/s1. The highest BCUT2D eigenvalue weighted by molar-refractivity contribution is 5.98. The quantitative estimate of drug-likeness (QED) is 0.870. The number of piperidine rings is 1. The molecule has 0 aromatic carbocycles. The molecule has 0 spiro atoms. The van der Waals surface area contributed by atoms with Gasteiger partial charge in [0.25, 0.3) is 5.91 Å². The van der Waals surface area contributed by atoms with Gasteiger partial charge in [-0.15, -0.1) is 0 Å². The molecule has 1 aliphatic heterocycles. The van der Waals surface area contributed by atoms with Gasteiger partial charge < -0.3 is 10.6 Å². The molecule has 2 amide bonds. The predicted molar refractivity (Wildman–Crippen MR) is 82.7 cm³/mol. The molecule has 0 unspecified atom stereocenters. The first-order chi connectivity index (χ1) is 10.6. The Labute approximate surface area is 130 Å². The fraction of sp³-hybridized carbons (Fsp3) is 0.688. The Morgan fingerprint density at radius 3 is 2.91 bits per heavy atom. The minimum absolute atomic E-state index is 0.0816. The van der Waals surface area contributed by atoms with Gasteiger partial charge in [-0.05, 0) is 39.0 Å². The summed E-state index contributed by atoms with van der Waals surface area (Å²) in [5.41, 5.74) is 1.68. The highest BCUT2D eigenvalue weighted by Gasteiger charge is 2.34. The van der Waals surface area contributed by atoms with Gasteiger partial charge in [0.05, 0.1) is 17.5 Å². The van der Waals surface area contributed by atoms with Crippen molar-refractivity contribution >= 4 is 11.8 Å². The second kappa shape index (κ2) is 6.10. The summed E-state index contributed by atoms with van der Waals surface area (Å²) in [6.45, 7) is 4.94. The van der Waals surface area contributed by atoms with E-state index in [-0.39, 0.29) is 17.9 Å². The van der Waals surface area contributed by atoms with Crippen molar-refractivity contribution in [2.45, 2.75) is 64.0 Å². The van der Waals surface area contributed by atoms with Crippen LogP contribution in [-0.2, 0) is 4.79 Å². The lowest BCUT2D eigenvalue weighted by Gasteiger charge is -2.23. The van der Waals surface area contributed by atoms with Gasteiger partial charge in [0.15, 0.2) is 0 Å². The number of carbonyl (C=O) groups is 2. The van der Waals surface area contributed by atoms with E-state index in [4.69, 9.17) is 0 Å². The molecule has 22 heavy (non-hydrogen) atoms. The average Bonchev–Trinajstić information content (AvgIpc) is 3.26. The van der Waals surface area contributed by atoms with Crippen molar-refractivity contribution in [3.05, 3.63) is 17.5 Å². The predicted octanol–water partition coefficient (Wildman–Crippen LogP) is 1.74. The van der Waals surface area contributed by atoms with Crippen LogP contribution in [0.2, 0.25) is 0 Å². The van der Waals surface area contributed by atoms with Gasteiger partial charge in [-0.2, -0.15) is 5.10 Å². The highest BCUT2D eigenvalue weighted by Crippen LogP contribution is 2.42. The largest absolute Gasteiger partial charge is 0.354 e. The van der Waals surface area contributed by atoms with Crippen LogP contribution in [0.15, 0.2) is 6.20 Å². The molecule has 1 aromatic heterocycles. The van der Waals surface area contributed by atoms with Gasteiger partial charge in [-0.1, -0.05) is 6.92 Å². The maximum absolute atomic E-state index is 12.6. The van der Waals surface area contributed by atoms with Gasteiger partial charge in [0.1, 0.15) is 6.04 Å². The van der Waals surface area contributed by atoms with Crippen LogP contribution in [0.4, 0.5) is 0 Å². The van der Waals surface area contributed by atoms with Gasteiger partial charge in [0.2, 0.25) is 5.91 Å². The van der Waals surface area contributed by atoms with Crippen molar-refractivity contribution in [2.75, 3.05) is 6.54 Å². The zero-order chi connectivity index (χ0) is 15.7. The van der Waals surface area contributed by atoms with E-state index in [0.29, 0.717) is 24.4 Å². The van der Waals surface area contributed by atoms with Gasteiger partial charge in [0, 0.05) is 18.5 Å². The molecule has 1 saturated carbocycles. The van der Waals surface area contributed by atoms with E-state index in [1.54, 1.807) is 6.20 Å². The molecule has 6 nitrogen and oxygen atoms in total. The van der Waals surface area contributed by atoms with Crippen LogP contribution in [-0.4, -0.2) is 34.2 Å². The minimum Gasteiger partial charge on any atom is -0.354 e. The molecule has 3 rings (SSSR count). The van der Waals surface area contributed by atoms with E-state index < -0.39 is 6.04 Å². The summed E-state index contributed by atoms with van der Waals surface area (Å²) in [4.78, 5) is 24.4. The molecule has 2 aliphatic rings. The Balaban J connectivity index is 1.80. The van der Waals surface area contributed by atoms with Crippen molar-refractivity contribution in [1.82, 2.24) is 20.4 Å². The number of nitrogens with zero attached hydrogens (tertiary/aromatic N) is 2.